The van der Waals surface area contributed by atoms with Crippen LogP contribution in [0.1, 0.15) is 18.2 Å². The minimum Gasteiger partial charge on any atom is -0.408 e. The minimum absolute atomic E-state index is 0.0587. The number of nitrogens with one attached hydrogen (secondary N) is 1. The van der Waals surface area contributed by atoms with E-state index in [4.69, 9.17) is 9.15 Å². The Balaban J connectivity index is 1.50. The summed E-state index contributed by atoms with van der Waals surface area (Å²) in [6.45, 7) is 1.55. The summed E-state index contributed by atoms with van der Waals surface area (Å²) in [5.74, 6) is 0.0292. The van der Waals surface area contributed by atoms with Crippen LogP contribution in [0.25, 0.3) is 11.1 Å². The number of rotatable bonds is 4. The van der Waals surface area contributed by atoms with Gasteiger partial charge in [0.25, 0.3) is 0 Å². The summed E-state index contributed by atoms with van der Waals surface area (Å²) in [4.78, 5) is 11.6. The number of aromatic nitrogens is 3. The third-order valence-electron chi connectivity index (χ3n) is 4.73. The molecule has 0 spiro atoms. The van der Waals surface area contributed by atoms with Crippen molar-refractivity contribution in [3.8, 4) is 0 Å². The Labute approximate surface area is 138 Å². The maximum Gasteiger partial charge on any atom is 0.419 e. The lowest BCUT2D eigenvalue weighted by Gasteiger charge is -2.19. The second-order valence-electron chi connectivity index (χ2n) is 6.21. The maximum absolute atomic E-state index is 11.6. The highest BCUT2D eigenvalue weighted by molar-refractivity contribution is 5.77. The van der Waals surface area contributed by atoms with E-state index < -0.39 is 0 Å². The molecule has 2 aromatic heterocycles. The lowest BCUT2D eigenvalue weighted by molar-refractivity contribution is 0.0866. The Hall–Kier alpha value is -2.54. The molecule has 0 aliphatic carbocycles. The molecule has 7 nitrogen and oxygen atoms in total. The Kier molecular flexibility index (Phi) is 3.65. The van der Waals surface area contributed by atoms with Gasteiger partial charge in [-0.2, -0.15) is 5.10 Å². The van der Waals surface area contributed by atoms with Gasteiger partial charge in [-0.15, -0.1) is 0 Å². The number of hydrogen-bond donors (Lipinski definition) is 1. The summed E-state index contributed by atoms with van der Waals surface area (Å²) in [5, 5.41) is 7.67. The van der Waals surface area contributed by atoms with Crippen molar-refractivity contribution in [2.24, 2.45) is 20.0 Å². The monoisotopic (exact) mass is 328 g/mol. The summed E-state index contributed by atoms with van der Waals surface area (Å²) in [6.07, 6.45) is 2.86. The van der Waals surface area contributed by atoms with Crippen LogP contribution in [0.3, 0.4) is 0 Å². The molecule has 2 atom stereocenters. The van der Waals surface area contributed by atoms with E-state index in [0.717, 1.165) is 36.5 Å². The molecule has 126 valence electrons. The number of nitrogens with zero attached hydrogens (tertiary/aromatic N) is 3. The van der Waals surface area contributed by atoms with Crippen molar-refractivity contribution in [1.29, 1.82) is 0 Å². The second-order valence-corrected chi connectivity index (χ2v) is 6.21. The maximum atomic E-state index is 11.6. The zero-order chi connectivity index (χ0) is 16.7. The Morgan fingerprint density at radius 3 is 3.00 bits per heavy atom. The first-order valence-electron chi connectivity index (χ1n) is 8.06. The third-order valence-corrected chi connectivity index (χ3v) is 4.73. The van der Waals surface area contributed by atoms with Gasteiger partial charge in [-0.3, -0.25) is 9.25 Å². The number of anilines is 1. The fraction of sp³-hybridized carbons (Fsp3) is 0.412. The van der Waals surface area contributed by atoms with Gasteiger partial charge in [-0.25, -0.2) is 4.79 Å². The van der Waals surface area contributed by atoms with Gasteiger partial charge >= 0.3 is 5.76 Å². The van der Waals surface area contributed by atoms with Gasteiger partial charge in [-0.1, -0.05) is 0 Å². The van der Waals surface area contributed by atoms with E-state index in [9.17, 15) is 4.79 Å². The average molecular weight is 328 g/mol. The molecule has 1 aromatic carbocycles. The van der Waals surface area contributed by atoms with E-state index in [0.29, 0.717) is 11.5 Å². The van der Waals surface area contributed by atoms with Crippen LogP contribution < -0.4 is 11.1 Å². The van der Waals surface area contributed by atoms with Crippen LogP contribution >= 0.6 is 0 Å². The molecule has 0 radical (unpaired) electrons. The smallest absolute Gasteiger partial charge is 0.408 e. The number of fused-ring (bicyclic) bond motifs is 1. The van der Waals surface area contributed by atoms with Crippen LogP contribution in [0.5, 0.6) is 0 Å². The fourth-order valence-electron chi connectivity index (χ4n) is 3.33. The highest BCUT2D eigenvalue weighted by Gasteiger charge is 2.31. The van der Waals surface area contributed by atoms with Gasteiger partial charge in [0, 0.05) is 51.1 Å². The van der Waals surface area contributed by atoms with E-state index in [1.165, 1.54) is 4.57 Å². The minimum atomic E-state index is -0.345. The molecule has 24 heavy (non-hydrogen) atoms. The van der Waals surface area contributed by atoms with Crippen LogP contribution in [-0.4, -0.2) is 27.5 Å². The number of ether oxygens (including phenoxy) is 1. The summed E-state index contributed by atoms with van der Waals surface area (Å²) in [6, 6.07) is 7.73. The Bertz CT molecular complexity index is 923. The summed E-state index contributed by atoms with van der Waals surface area (Å²) >= 11 is 0. The van der Waals surface area contributed by atoms with Gasteiger partial charge < -0.3 is 14.5 Å². The molecule has 7 heteroatoms. The van der Waals surface area contributed by atoms with Crippen molar-refractivity contribution in [2.75, 3.05) is 18.5 Å². The van der Waals surface area contributed by atoms with Gasteiger partial charge in [0.15, 0.2) is 5.58 Å². The van der Waals surface area contributed by atoms with E-state index >= 15 is 0 Å². The van der Waals surface area contributed by atoms with Gasteiger partial charge in [0.2, 0.25) is 0 Å². The van der Waals surface area contributed by atoms with Gasteiger partial charge in [-0.05, 0) is 24.6 Å². The molecule has 1 saturated heterocycles. The summed E-state index contributed by atoms with van der Waals surface area (Å²) in [5.41, 5.74) is 3.43. The molecule has 1 fully saturated rings. The number of hydrogen-bond acceptors (Lipinski definition) is 5. The third kappa shape index (κ3) is 2.50. The number of benzene rings is 1. The van der Waals surface area contributed by atoms with Crippen LogP contribution in [0, 0.1) is 5.92 Å². The van der Waals surface area contributed by atoms with Crippen molar-refractivity contribution in [3.63, 3.8) is 0 Å². The lowest BCUT2D eigenvalue weighted by atomic mass is 9.99. The average Bonchev–Trinajstić information content (AvgIpc) is 3.26. The first-order valence-corrected chi connectivity index (χ1v) is 8.06. The molecular formula is C17H20N4O3. The molecule has 0 amide bonds. The second kappa shape index (κ2) is 5.83. The largest absolute Gasteiger partial charge is 0.419 e. The van der Waals surface area contributed by atoms with E-state index in [2.05, 4.69) is 10.4 Å². The van der Waals surface area contributed by atoms with Crippen molar-refractivity contribution in [2.45, 2.75) is 12.5 Å². The van der Waals surface area contributed by atoms with Crippen LogP contribution in [0.15, 0.2) is 39.7 Å². The Morgan fingerprint density at radius 2 is 2.21 bits per heavy atom. The molecular weight excluding hydrogens is 308 g/mol. The summed E-state index contributed by atoms with van der Waals surface area (Å²) < 4.78 is 14.5. The van der Waals surface area contributed by atoms with Crippen molar-refractivity contribution in [1.82, 2.24) is 14.3 Å². The standard InChI is InChI=1S/C17H20N4O3/c1-20-13-4-3-12(9-15(13)24-17(20)22)18-10-11-6-8-23-16(11)14-5-7-19-21(14)2/h3-5,7,9,11,16,18H,6,8,10H2,1-2H3/t11-,16+/m0/s1. The zero-order valence-corrected chi connectivity index (χ0v) is 13.7. The molecule has 3 heterocycles. The van der Waals surface area contributed by atoms with Gasteiger partial charge in [0.1, 0.15) is 6.10 Å². The van der Waals surface area contributed by atoms with Crippen molar-refractivity contribution < 1.29 is 9.15 Å². The van der Waals surface area contributed by atoms with E-state index in [1.54, 1.807) is 13.2 Å². The molecule has 1 aliphatic rings. The topological polar surface area (TPSA) is 74.2 Å². The molecule has 0 unspecified atom stereocenters. The molecule has 3 aromatic rings. The first-order chi connectivity index (χ1) is 11.6. The summed E-state index contributed by atoms with van der Waals surface area (Å²) in [7, 11) is 3.64. The highest BCUT2D eigenvalue weighted by Crippen LogP contribution is 2.34. The number of oxazole rings is 1. The zero-order valence-electron chi connectivity index (χ0n) is 13.7. The van der Waals surface area contributed by atoms with Gasteiger partial charge in [0.05, 0.1) is 11.2 Å². The number of aryl methyl sites for hydroxylation is 2. The fourth-order valence-corrected chi connectivity index (χ4v) is 3.33. The predicted molar refractivity (Wildman–Crippen MR) is 90.0 cm³/mol. The van der Waals surface area contributed by atoms with E-state index in [-0.39, 0.29) is 11.9 Å². The molecule has 0 saturated carbocycles. The predicted octanol–water partition coefficient (Wildman–Crippen LogP) is 2.05. The van der Waals surface area contributed by atoms with E-state index in [1.807, 2.05) is 36.0 Å². The first kappa shape index (κ1) is 15.0. The van der Waals surface area contributed by atoms with Crippen LogP contribution in [-0.2, 0) is 18.8 Å². The van der Waals surface area contributed by atoms with Crippen molar-refractivity contribution >= 4 is 16.8 Å². The molecule has 1 aliphatic heterocycles. The molecule has 4 rings (SSSR count). The highest BCUT2D eigenvalue weighted by atomic mass is 16.5. The Morgan fingerprint density at radius 1 is 1.33 bits per heavy atom. The molecule has 1 N–H and O–H groups in total. The lowest BCUT2D eigenvalue weighted by Crippen LogP contribution is -2.19. The molecule has 0 bridgehead atoms. The van der Waals surface area contributed by atoms with Crippen LogP contribution in [0.4, 0.5) is 5.69 Å². The van der Waals surface area contributed by atoms with Crippen molar-refractivity contribution in [3.05, 3.63) is 46.7 Å². The normalized spacial score (nSPS) is 20.8. The SMILES string of the molecule is Cn1nccc1[C@@H]1OCC[C@H]1CNc1ccc2c(c1)oc(=O)n2C. The quantitative estimate of drug-likeness (QED) is 0.793. The van der Waals surface area contributed by atoms with Crippen LogP contribution in [0.2, 0.25) is 0 Å².